The highest BCUT2D eigenvalue weighted by molar-refractivity contribution is 5.91. The van der Waals surface area contributed by atoms with Crippen molar-refractivity contribution >= 4 is 16.7 Å². The van der Waals surface area contributed by atoms with Gasteiger partial charge in [-0.15, -0.1) is 0 Å². The van der Waals surface area contributed by atoms with Gasteiger partial charge in [-0.2, -0.15) is 0 Å². The van der Waals surface area contributed by atoms with Crippen molar-refractivity contribution in [1.29, 1.82) is 0 Å². The molecule has 2 heterocycles. The van der Waals surface area contributed by atoms with Crippen molar-refractivity contribution < 1.29 is 9.84 Å². The lowest BCUT2D eigenvalue weighted by Crippen LogP contribution is -2.47. The Morgan fingerprint density at radius 2 is 2.29 bits per heavy atom. The Labute approximate surface area is 124 Å². The van der Waals surface area contributed by atoms with Crippen molar-refractivity contribution in [2.75, 3.05) is 24.7 Å². The Bertz CT molecular complexity index is 630. The predicted molar refractivity (Wildman–Crippen MR) is 82.5 cm³/mol. The number of morpholine rings is 1. The Hall–Kier alpha value is -1.72. The number of aromatic nitrogens is 2. The van der Waals surface area contributed by atoms with E-state index >= 15 is 0 Å². The van der Waals surface area contributed by atoms with E-state index in [4.69, 9.17) is 4.74 Å². The highest BCUT2D eigenvalue weighted by Crippen LogP contribution is 2.28. The zero-order valence-electron chi connectivity index (χ0n) is 12.5. The maximum atomic E-state index is 9.71. The van der Waals surface area contributed by atoms with Gasteiger partial charge in [0.2, 0.25) is 0 Å². The molecule has 0 amide bonds. The number of fused-ring (bicyclic) bond motifs is 1. The van der Waals surface area contributed by atoms with E-state index in [1.807, 2.05) is 13.0 Å². The molecule has 5 heteroatoms. The molecule has 1 saturated heterocycles. The number of anilines is 1. The first-order chi connectivity index (χ1) is 10.2. The maximum Gasteiger partial charge on any atom is 0.140 e. The van der Waals surface area contributed by atoms with Crippen LogP contribution in [0.25, 0.3) is 10.9 Å². The van der Waals surface area contributed by atoms with E-state index in [1.165, 1.54) is 0 Å². The normalized spacial score (nSPS) is 20.7. The first kappa shape index (κ1) is 14.2. The van der Waals surface area contributed by atoms with Gasteiger partial charge in [0.05, 0.1) is 30.9 Å². The third-order valence-electron chi connectivity index (χ3n) is 3.96. The summed E-state index contributed by atoms with van der Waals surface area (Å²) in [6, 6.07) is 6.31. The molecule has 21 heavy (non-hydrogen) atoms. The van der Waals surface area contributed by atoms with Gasteiger partial charge in [-0.25, -0.2) is 9.97 Å². The smallest absolute Gasteiger partial charge is 0.140 e. The minimum Gasteiger partial charge on any atom is -0.393 e. The van der Waals surface area contributed by atoms with Crippen LogP contribution in [0.5, 0.6) is 0 Å². The molecule has 3 rings (SSSR count). The van der Waals surface area contributed by atoms with Crippen molar-refractivity contribution in [3.63, 3.8) is 0 Å². The molecule has 2 unspecified atom stereocenters. The van der Waals surface area contributed by atoms with Crippen LogP contribution in [0.4, 0.5) is 5.82 Å². The van der Waals surface area contributed by atoms with Crippen LogP contribution in [0.2, 0.25) is 0 Å². The highest BCUT2D eigenvalue weighted by Gasteiger charge is 2.26. The summed E-state index contributed by atoms with van der Waals surface area (Å²) < 4.78 is 5.57. The molecule has 2 atom stereocenters. The minimum atomic E-state index is -0.353. The van der Waals surface area contributed by atoms with E-state index < -0.39 is 0 Å². The zero-order valence-corrected chi connectivity index (χ0v) is 12.5. The first-order valence-electron chi connectivity index (χ1n) is 7.39. The van der Waals surface area contributed by atoms with E-state index in [9.17, 15) is 5.11 Å². The fourth-order valence-corrected chi connectivity index (χ4v) is 2.97. The summed E-state index contributed by atoms with van der Waals surface area (Å²) in [5, 5.41) is 10.8. The molecule has 0 radical (unpaired) electrons. The Morgan fingerprint density at radius 3 is 3.10 bits per heavy atom. The van der Waals surface area contributed by atoms with Gasteiger partial charge in [0.15, 0.2) is 0 Å². The summed E-state index contributed by atoms with van der Waals surface area (Å²) in [7, 11) is 0. The number of nitrogens with zero attached hydrogens (tertiary/aromatic N) is 3. The first-order valence-corrected chi connectivity index (χ1v) is 7.39. The monoisotopic (exact) mass is 287 g/mol. The zero-order chi connectivity index (χ0) is 14.8. The Kier molecular flexibility index (Phi) is 4.03. The lowest BCUT2D eigenvalue weighted by molar-refractivity contribution is 0.0719. The molecule has 1 N–H and O–H groups in total. The summed E-state index contributed by atoms with van der Waals surface area (Å²) in [6.07, 6.45) is 1.95. The molecule has 112 valence electrons. The van der Waals surface area contributed by atoms with Crippen LogP contribution in [0.15, 0.2) is 24.5 Å². The van der Waals surface area contributed by atoms with Crippen molar-refractivity contribution in [3.05, 3.63) is 30.1 Å². The minimum absolute atomic E-state index is 0.150. The van der Waals surface area contributed by atoms with Gasteiger partial charge < -0.3 is 14.7 Å². The Morgan fingerprint density at radius 1 is 1.43 bits per heavy atom. The summed E-state index contributed by atoms with van der Waals surface area (Å²) >= 11 is 0. The number of para-hydroxylation sites is 1. The molecule has 0 saturated carbocycles. The van der Waals surface area contributed by atoms with Gasteiger partial charge in [-0.3, -0.25) is 0 Å². The van der Waals surface area contributed by atoms with E-state index in [2.05, 4.69) is 33.9 Å². The van der Waals surface area contributed by atoms with Crippen LogP contribution >= 0.6 is 0 Å². The topological polar surface area (TPSA) is 58.5 Å². The number of aliphatic hydroxyl groups excluding tert-OH is 1. The third-order valence-corrected chi connectivity index (χ3v) is 3.96. The fourth-order valence-electron chi connectivity index (χ4n) is 2.97. The molecule has 1 fully saturated rings. The number of ether oxygens (including phenoxy) is 1. The van der Waals surface area contributed by atoms with E-state index in [1.54, 1.807) is 6.33 Å². The molecule has 5 nitrogen and oxygen atoms in total. The highest BCUT2D eigenvalue weighted by atomic mass is 16.5. The van der Waals surface area contributed by atoms with Crippen LogP contribution in [-0.2, 0) is 4.74 Å². The number of benzene rings is 1. The number of rotatable bonds is 3. The standard InChI is InChI=1S/C16H21N3O2/c1-11-4-3-5-14-15(11)17-10-18-16(14)19-6-7-21-9-13(19)8-12(2)20/h3-5,10,12-13,20H,6-9H2,1-2H3. The SMILES string of the molecule is Cc1cccc2c(N3CCOCC3CC(C)O)ncnc12. The van der Waals surface area contributed by atoms with Crippen molar-refractivity contribution in [2.24, 2.45) is 0 Å². The lowest BCUT2D eigenvalue weighted by Gasteiger charge is -2.37. The lowest BCUT2D eigenvalue weighted by atomic mass is 10.1. The number of hydrogen-bond acceptors (Lipinski definition) is 5. The fraction of sp³-hybridized carbons (Fsp3) is 0.500. The summed E-state index contributed by atoms with van der Waals surface area (Å²) in [6.45, 7) is 5.98. The van der Waals surface area contributed by atoms with Gasteiger partial charge >= 0.3 is 0 Å². The number of aryl methyl sites for hydroxylation is 1. The number of hydrogen-bond donors (Lipinski definition) is 1. The average Bonchev–Trinajstić information content (AvgIpc) is 2.47. The molecule has 1 aromatic carbocycles. The quantitative estimate of drug-likeness (QED) is 0.934. The van der Waals surface area contributed by atoms with Crippen molar-refractivity contribution in [3.8, 4) is 0 Å². The second kappa shape index (κ2) is 5.95. The molecule has 2 aromatic rings. The van der Waals surface area contributed by atoms with E-state index in [0.29, 0.717) is 19.6 Å². The molecular formula is C16H21N3O2. The van der Waals surface area contributed by atoms with Gasteiger partial charge in [0, 0.05) is 11.9 Å². The van der Waals surface area contributed by atoms with Crippen LogP contribution in [0.1, 0.15) is 18.9 Å². The van der Waals surface area contributed by atoms with Gasteiger partial charge in [0.25, 0.3) is 0 Å². The van der Waals surface area contributed by atoms with Crippen LogP contribution in [-0.4, -0.2) is 47.0 Å². The molecule has 0 spiro atoms. The second-order valence-corrected chi connectivity index (χ2v) is 5.68. The number of aliphatic hydroxyl groups is 1. The Balaban J connectivity index is 2.03. The molecule has 1 aliphatic rings. The summed E-state index contributed by atoms with van der Waals surface area (Å²) in [4.78, 5) is 11.2. The average molecular weight is 287 g/mol. The van der Waals surface area contributed by atoms with Gasteiger partial charge in [-0.1, -0.05) is 12.1 Å². The van der Waals surface area contributed by atoms with Gasteiger partial charge in [-0.05, 0) is 31.9 Å². The molecule has 0 aliphatic carbocycles. The van der Waals surface area contributed by atoms with Crippen molar-refractivity contribution in [2.45, 2.75) is 32.4 Å². The molecule has 0 bridgehead atoms. The maximum absolute atomic E-state index is 9.71. The van der Waals surface area contributed by atoms with Crippen LogP contribution in [0, 0.1) is 6.92 Å². The molecule has 1 aromatic heterocycles. The van der Waals surface area contributed by atoms with Crippen LogP contribution < -0.4 is 4.90 Å². The van der Waals surface area contributed by atoms with Crippen LogP contribution in [0.3, 0.4) is 0 Å². The molecular weight excluding hydrogens is 266 g/mol. The third kappa shape index (κ3) is 2.84. The van der Waals surface area contributed by atoms with E-state index in [0.717, 1.165) is 28.8 Å². The molecule has 1 aliphatic heterocycles. The van der Waals surface area contributed by atoms with Gasteiger partial charge in [0.1, 0.15) is 12.1 Å². The van der Waals surface area contributed by atoms with E-state index in [-0.39, 0.29) is 12.1 Å². The van der Waals surface area contributed by atoms with Crippen molar-refractivity contribution in [1.82, 2.24) is 9.97 Å². The summed E-state index contributed by atoms with van der Waals surface area (Å²) in [5.41, 5.74) is 2.14. The second-order valence-electron chi connectivity index (χ2n) is 5.68. The summed E-state index contributed by atoms with van der Waals surface area (Å²) in [5.74, 6) is 0.942. The largest absolute Gasteiger partial charge is 0.393 e. The predicted octanol–water partition coefficient (Wildman–Crippen LogP) is 1.91.